The lowest BCUT2D eigenvalue weighted by Gasteiger charge is -2.28. The lowest BCUT2D eigenvalue weighted by molar-refractivity contribution is 0.391. The molecule has 0 radical (unpaired) electrons. The van der Waals surface area contributed by atoms with E-state index in [4.69, 9.17) is 0 Å². The molecule has 0 bridgehead atoms. The number of benzene rings is 3. The summed E-state index contributed by atoms with van der Waals surface area (Å²) in [5.74, 6) is 0. The zero-order valence-corrected chi connectivity index (χ0v) is 19.0. The van der Waals surface area contributed by atoms with Crippen molar-refractivity contribution in [3.63, 3.8) is 0 Å². The highest BCUT2D eigenvalue weighted by Crippen LogP contribution is 2.28. The van der Waals surface area contributed by atoms with Gasteiger partial charge in [0, 0.05) is 18.8 Å². The first-order valence-electron chi connectivity index (χ1n) is 9.94. The zero-order chi connectivity index (χ0) is 22.2. The third kappa shape index (κ3) is 4.37. The van der Waals surface area contributed by atoms with Crippen LogP contribution in [-0.4, -0.2) is 27.7 Å². The van der Waals surface area contributed by atoms with Crippen molar-refractivity contribution in [2.45, 2.75) is 36.6 Å². The Balaban J connectivity index is 1.60. The van der Waals surface area contributed by atoms with Crippen molar-refractivity contribution in [2.75, 3.05) is 11.3 Å². The molecule has 0 aliphatic carbocycles. The van der Waals surface area contributed by atoms with E-state index >= 15 is 0 Å². The summed E-state index contributed by atoms with van der Waals surface area (Å²) in [6.45, 7) is 4.26. The van der Waals surface area contributed by atoms with E-state index in [1.807, 2.05) is 19.1 Å². The van der Waals surface area contributed by atoms with Gasteiger partial charge in [0.05, 0.1) is 9.79 Å². The van der Waals surface area contributed by atoms with Crippen LogP contribution in [-0.2, 0) is 33.0 Å². The third-order valence-electron chi connectivity index (χ3n) is 5.44. The van der Waals surface area contributed by atoms with Crippen LogP contribution in [0.3, 0.4) is 0 Å². The third-order valence-corrected chi connectivity index (χ3v) is 8.84. The summed E-state index contributed by atoms with van der Waals surface area (Å²) in [5.41, 5.74) is 3.90. The van der Waals surface area contributed by atoms with Crippen LogP contribution in [0, 0.1) is 13.8 Å². The quantitative estimate of drug-likeness (QED) is 0.632. The molecular weight excluding hydrogens is 432 g/mol. The Hall–Kier alpha value is -2.68. The number of sulfonamides is 2. The SMILES string of the molecule is Cc1ccc(S(=O)(=O)Nc2ccc3c(c2)CN(S(=O)(=O)c2ccccc2)CC3)c(C)c1. The number of nitrogens with zero attached hydrogens (tertiary/aromatic N) is 1. The van der Waals surface area contributed by atoms with Crippen molar-refractivity contribution in [3.05, 3.63) is 89.0 Å². The predicted octanol–water partition coefficient (Wildman–Crippen LogP) is 3.85. The number of aryl methyl sites for hydroxylation is 2. The van der Waals surface area contributed by atoms with Gasteiger partial charge < -0.3 is 0 Å². The van der Waals surface area contributed by atoms with E-state index in [-0.39, 0.29) is 16.3 Å². The molecule has 1 aliphatic rings. The Labute approximate surface area is 183 Å². The molecule has 0 amide bonds. The van der Waals surface area contributed by atoms with Crippen molar-refractivity contribution < 1.29 is 16.8 Å². The molecule has 0 saturated heterocycles. The lowest BCUT2D eigenvalue weighted by Crippen LogP contribution is -2.36. The number of nitrogens with one attached hydrogen (secondary N) is 1. The molecule has 162 valence electrons. The van der Waals surface area contributed by atoms with Crippen molar-refractivity contribution in [2.24, 2.45) is 0 Å². The molecule has 1 N–H and O–H groups in total. The van der Waals surface area contributed by atoms with Crippen molar-refractivity contribution >= 4 is 25.7 Å². The van der Waals surface area contributed by atoms with E-state index in [1.165, 1.54) is 4.31 Å². The molecule has 0 aromatic heterocycles. The van der Waals surface area contributed by atoms with Gasteiger partial charge in [0.1, 0.15) is 0 Å². The van der Waals surface area contributed by atoms with Crippen molar-refractivity contribution in [1.82, 2.24) is 4.31 Å². The average molecular weight is 457 g/mol. The highest BCUT2D eigenvalue weighted by atomic mass is 32.2. The molecule has 31 heavy (non-hydrogen) atoms. The second-order valence-corrected chi connectivity index (χ2v) is 11.3. The smallest absolute Gasteiger partial charge is 0.262 e. The van der Waals surface area contributed by atoms with E-state index in [0.717, 1.165) is 16.7 Å². The summed E-state index contributed by atoms with van der Waals surface area (Å²) in [5, 5.41) is 0. The summed E-state index contributed by atoms with van der Waals surface area (Å²) in [6.07, 6.45) is 0.575. The fraction of sp³-hybridized carbons (Fsp3) is 0.217. The van der Waals surface area contributed by atoms with E-state index in [1.54, 1.807) is 61.5 Å². The van der Waals surface area contributed by atoms with Gasteiger partial charge in [-0.2, -0.15) is 4.31 Å². The van der Waals surface area contributed by atoms with Crippen molar-refractivity contribution in [3.8, 4) is 0 Å². The second kappa shape index (κ2) is 8.11. The number of rotatable bonds is 5. The molecule has 0 spiro atoms. The highest BCUT2D eigenvalue weighted by molar-refractivity contribution is 7.92. The summed E-state index contributed by atoms with van der Waals surface area (Å²) in [7, 11) is -7.36. The minimum Gasteiger partial charge on any atom is -0.280 e. The predicted molar refractivity (Wildman–Crippen MR) is 121 cm³/mol. The molecule has 8 heteroatoms. The van der Waals surface area contributed by atoms with E-state index in [2.05, 4.69) is 4.72 Å². The monoisotopic (exact) mass is 456 g/mol. The van der Waals surface area contributed by atoms with Crippen LogP contribution < -0.4 is 4.72 Å². The molecule has 0 saturated carbocycles. The normalized spacial score (nSPS) is 14.8. The topological polar surface area (TPSA) is 83.6 Å². The van der Waals surface area contributed by atoms with Gasteiger partial charge >= 0.3 is 0 Å². The molecule has 3 aromatic rings. The van der Waals surface area contributed by atoms with Crippen LogP contribution in [0.15, 0.2) is 76.5 Å². The molecule has 6 nitrogen and oxygen atoms in total. The van der Waals surface area contributed by atoms with Gasteiger partial charge in [0.25, 0.3) is 10.0 Å². The van der Waals surface area contributed by atoms with E-state index < -0.39 is 20.0 Å². The van der Waals surface area contributed by atoms with Crippen LogP contribution in [0.4, 0.5) is 5.69 Å². The Morgan fingerprint density at radius 3 is 2.29 bits per heavy atom. The molecule has 0 fully saturated rings. The van der Waals surface area contributed by atoms with Gasteiger partial charge in [-0.05, 0) is 67.3 Å². The largest absolute Gasteiger partial charge is 0.280 e. The second-order valence-electron chi connectivity index (χ2n) is 7.76. The van der Waals surface area contributed by atoms with E-state index in [0.29, 0.717) is 24.2 Å². The molecule has 1 heterocycles. The first-order chi connectivity index (χ1) is 14.7. The Morgan fingerprint density at radius 1 is 0.839 bits per heavy atom. The summed E-state index contributed by atoms with van der Waals surface area (Å²) < 4.78 is 55.8. The molecule has 0 unspecified atom stereocenters. The minimum absolute atomic E-state index is 0.200. The number of fused-ring (bicyclic) bond motifs is 1. The number of hydrogen-bond donors (Lipinski definition) is 1. The van der Waals surface area contributed by atoms with Gasteiger partial charge in [-0.25, -0.2) is 16.8 Å². The minimum atomic E-state index is -3.75. The van der Waals surface area contributed by atoms with Crippen LogP contribution in [0.5, 0.6) is 0 Å². The molecule has 0 atom stereocenters. The highest BCUT2D eigenvalue weighted by Gasteiger charge is 2.28. The van der Waals surface area contributed by atoms with Gasteiger partial charge in [0.2, 0.25) is 10.0 Å². The maximum atomic E-state index is 13.0. The first kappa shape index (κ1) is 21.5. The van der Waals surface area contributed by atoms with Crippen LogP contribution in [0.1, 0.15) is 22.3 Å². The Bertz CT molecular complexity index is 1340. The summed E-state index contributed by atoms with van der Waals surface area (Å²) in [6, 6.07) is 18.8. The molecular formula is C23H24N2O4S2. The van der Waals surface area contributed by atoms with Gasteiger partial charge in [-0.1, -0.05) is 42.0 Å². The summed E-state index contributed by atoms with van der Waals surface area (Å²) >= 11 is 0. The van der Waals surface area contributed by atoms with Crippen LogP contribution in [0.25, 0.3) is 0 Å². The molecule has 1 aliphatic heterocycles. The molecule has 4 rings (SSSR count). The van der Waals surface area contributed by atoms with Crippen LogP contribution >= 0.6 is 0 Å². The Kier molecular flexibility index (Phi) is 5.63. The fourth-order valence-corrected chi connectivity index (χ4v) is 6.57. The van der Waals surface area contributed by atoms with Gasteiger partial charge in [0.15, 0.2) is 0 Å². The lowest BCUT2D eigenvalue weighted by atomic mass is 10.0. The van der Waals surface area contributed by atoms with Gasteiger partial charge in [-0.15, -0.1) is 0 Å². The van der Waals surface area contributed by atoms with Crippen molar-refractivity contribution in [1.29, 1.82) is 0 Å². The number of hydrogen-bond acceptors (Lipinski definition) is 4. The molecule has 3 aromatic carbocycles. The first-order valence-corrected chi connectivity index (χ1v) is 12.9. The maximum Gasteiger partial charge on any atom is 0.262 e. The van der Waals surface area contributed by atoms with Crippen LogP contribution in [0.2, 0.25) is 0 Å². The fourth-order valence-electron chi connectivity index (χ4n) is 3.85. The maximum absolute atomic E-state index is 13.0. The number of anilines is 1. The Morgan fingerprint density at radius 2 is 1.58 bits per heavy atom. The summed E-state index contributed by atoms with van der Waals surface area (Å²) in [4.78, 5) is 0.481. The van der Waals surface area contributed by atoms with E-state index in [9.17, 15) is 16.8 Å². The average Bonchev–Trinajstić information content (AvgIpc) is 2.73. The zero-order valence-electron chi connectivity index (χ0n) is 17.4. The van der Waals surface area contributed by atoms with Gasteiger partial charge in [-0.3, -0.25) is 4.72 Å². The standard InChI is InChI=1S/C23H24N2O4S2/c1-17-8-11-23(18(2)14-17)30(26,27)24-21-10-9-19-12-13-25(16-20(19)15-21)31(28,29)22-6-4-3-5-7-22/h3-11,14-15,24H,12-13,16H2,1-2H3.